The summed E-state index contributed by atoms with van der Waals surface area (Å²) in [6.07, 6.45) is -0.761. The zero-order valence-electron chi connectivity index (χ0n) is 15.8. The highest BCUT2D eigenvalue weighted by atomic mass is 32.2. The number of benzene rings is 2. The topological polar surface area (TPSA) is 75.7 Å². The van der Waals surface area contributed by atoms with Gasteiger partial charge in [0.1, 0.15) is 6.54 Å². The minimum absolute atomic E-state index is 0.0962. The van der Waals surface area contributed by atoms with E-state index in [9.17, 15) is 14.4 Å². The van der Waals surface area contributed by atoms with Crippen LogP contribution in [0.4, 0.5) is 11.4 Å². The number of rotatable bonds is 6. The van der Waals surface area contributed by atoms with E-state index in [0.717, 1.165) is 4.90 Å². The van der Waals surface area contributed by atoms with Crippen LogP contribution in [0.5, 0.6) is 0 Å². The quantitative estimate of drug-likeness (QED) is 0.596. The molecule has 2 aromatic rings. The highest BCUT2D eigenvalue weighted by Crippen LogP contribution is 2.29. The number of aryl methyl sites for hydroxylation is 1. The monoisotopic (exact) mass is 398 g/mol. The first kappa shape index (κ1) is 19.9. The summed E-state index contributed by atoms with van der Waals surface area (Å²) in [5.41, 5.74) is 2.36. The smallest absolute Gasteiger partial charge is 0.307 e. The van der Waals surface area contributed by atoms with Gasteiger partial charge in [-0.15, -0.1) is 11.8 Å². The van der Waals surface area contributed by atoms with Crippen molar-refractivity contribution in [1.29, 1.82) is 0 Å². The summed E-state index contributed by atoms with van der Waals surface area (Å²) in [5, 5.41) is 2.73. The summed E-state index contributed by atoms with van der Waals surface area (Å²) < 4.78 is 5.30. The predicted molar refractivity (Wildman–Crippen MR) is 109 cm³/mol. The molecule has 28 heavy (non-hydrogen) atoms. The Hall–Kier alpha value is -2.80. The molecule has 0 aromatic heterocycles. The highest BCUT2D eigenvalue weighted by molar-refractivity contribution is 7.99. The molecule has 1 aliphatic heterocycles. The maximum Gasteiger partial charge on any atom is 0.307 e. The lowest BCUT2D eigenvalue weighted by atomic mass is 10.1. The molecule has 3 rings (SSSR count). The van der Waals surface area contributed by atoms with Crippen molar-refractivity contribution in [3.05, 3.63) is 54.1 Å². The van der Waals surface area contributed by atoms with Crippen molar-refractivity contribution in [3.8, 4) is 0 Å². The Morgan fingerprint density at radius 2 is 1.89 bits per heavy atom. The second-order valence-corrected chi connectivity index (χ2v) is 7.70. The van der Waals surface area contributed by atoms with E-state index in [-0.39, 0.29) is 18.9 Å². The molecular weight excluding hydrogens is 376 g/mol. The van der Waals surface area contributed by atoms with Gasteiger partial charge < -0.3 is 10.1 Å². The van der Waals surface area contributed by atoms with E-state index in [1.54, 1.807) is 36.0 Å². The standard InChI is InChI=1S/C21H22N2O4S/c1-14-7-9-16(10-8-14)28-12-11-20(25)27-15(2)21(26)23-13-19(24)22-17-5-3-4-6-18(17)23/h3-10,15H,11-13H2,1-2H3,(H,22,24). The average Bonchev–Trinajstić information content (AvgIpc) is 2.68. The fourth-order valence-electron chi connectivity index (χ4n) is 2.84. The van der Waals surface area contributed by atoms with Crippen LogP contribution in [0.1, 0.15) is 18.9 Å². The molecule has 6 nitrogen and oxygen atoms in total. The summed E-state index contributed by atoms with van der Waals surface area (Å²) in [5.74, 6) is -0.560. The molecule has 0 radical (unpaired) electrons. The summed E-state index contributed by atoms with van der Waals surface area (Å²) in [6, 6.07) is 15.1. The largest absolute Gasteiger partial charge is 0.452 e. The second-order valence-electron chi connectivity index (χ2n) is 6.53. The number of amides is 2. The Morgan fingerprint density at radius 1 is 1.18 bits per heavy atom. The van der Waals surface area contributed by atoms with Gasteiger partial charge in [0, 0.05) is 10.6 Å². The van der Waals surface area contributed by atoms with Gasteiger partial charge in [0.25, 0.3) is 5.91 Å². The number of hydrogen-bond donors (Lipinski definition) is 1. The zero-order valence-corrected chi connectivity index (χ0v) is 16.6. The van der Waals surface area contributed by atoms with Gasteiger partial charge in [0.2, 0.25) is 5.91 Å². The lowest BCUT2D eigenvalue weighted by Crippen LogP contribution is -2.47. The number of nitrogens with zero attached hydrogens (tertiary/aromatic N) is 1. The number of carbonyl (C=O) groups is 3. The first-order valence-electron chi connectivity index (χ1n) is 9.03. The van der Waals surface area contributed by atoms with E-state index >= 15 is 0 Å². The molecule has 0 spiro atoms. The van der Waals surface area contributed by atoms with Crippen LogP contribution >= 0.6 is 11.8 Å². The maximum absolute atomic E-state index is 12.7. The van der Waals surface area contributed by atoms with Crippen molar-refractivity contribution in [2.75, 3.05) is 22.5 Å². The van der Waals surface area contributed by atoms with Crippen molar-refractivity contribution >= 4 is 40.9 Å². The van der Waals surface area contributed by atoms with Crippen LogP contribution in [-0.2, 0) is 19.1 Å². The van der Waals surface area contributed by atoms with E-state index in [4.69, 9.17) is 4.74 Å². The molecule has 7 heteroatoms. The number of nitrogens with one attached hydrogen (secondary N) is 1. The van der Waals surface area contributed by atoms with Crippen LogP contribution in [0.15, 0.2) is 53.4 Å². The van der Waals surface area contributed by atoms with E-state index < -0.39 is 18.0 Å². The lowest BCUT2D eigenvalue weighted by molar-refractivity contribution is -0.153. The van der Waals surface area contributed by atoms with Gasteiger partial charge in [-0.2, -0.15) is 0 Å². The molecule has 0 fully saturated rings. The van der Waals surface area contributed by atoms with Gasteiger partial charge in [-0.3, -0.25) is 19.3 Å². The van der Waals surface area contributed by atoms with Gasteiger partial charge in [0.15, 0.2) is 6.10 Å². The molecule has 1 heterocycles. The molecule has 146 valence electrons. The van der Waals surface area contributed by atoms with Crippen LogP contribution in [0.3, 0.4) is 0 Å². The normalized spacial score (nSPS) is 14.1. The number of hydrogen-bond acceptors (Lipinski definition) is 5. The summed E-state index contributed by atoms with van der Waals surface area (Å²) in [7, 11) is 0. The van der Waals surface area contributed by atoms with Crippen LogP contribution < -0.4 is 10.2 Å². The van der Waals surface area contributed by atoms with Crippen LogP contribution in [0, 0.1) is 6.92 Å². The Kier molecular flexibility index (Phi) is 6.36. The Morgan fingerprint density at radius 3 is 2.64 bits per heavy atom. The number of fused-ring (bicyclic) bond motifs is 1. The molecule has 1 N–H and O–H groups in total. The molecule has 0 aliphatic carbocycles. The molecule has 1 unspecified atom stereocenters. The molecule has 1 atom stereocenters. The first-order valence-corrected chi connectivity index (χ1v) is 10.0. The van der Waals surface area contributed by atoms with Gasteiger partial charge >= 0.3 is 5.97 Å². The Labute approximate surface area is 168 Å². The first-order chi connectivity index (χ1) is 13.4. The van der Waals surface area contributed by atoms with Crippen LogP contribution in [-0.4, -0.2) is 36.2 Å². The number of anilines is 2. The SMILES string of the molecule is Cc1ccc(SCCC(=O)OC(C)C(=O)N2CC(=O)Nc3ccccc32)cc1. The zero-order chi connectivity index (χ0) is 20.1. The summed E-state index contributed by atoms with van der Waals surface area (Å²) in [6.45, 7) is 3.46. The highest BCUT2D eigenvalue weighted by Gasteiger charge is 2.31. The van der Waals surface area contributed by atoms with E-state index in [1.807, 2.05) is 31.2 Å². The second kappa shape index (κ2) is 8.93. The van der Waals surface area contributed by atoms with Gasteiger partial charge in [-0.25, -0.2) is 0 Å². The predicted octanol–water partition coefficient (Wildman–Crippen LogP) is 3.39. The Balaban J connectivity index is 1.53. The molecule has 0 saturated carbocycles. The van der Waals surface area contributed by atoms with Crippen molar-refractivity contribution < 1.29 is 19.1 Å². The fourth-order valence-corrected chi connectivity index (χ4v) is 3.68. The maximum atomic E-state index is 12.7. The van der Waals surface area contributed by atoms with Crippen LogP contribution in [0.2, 0.25) is 0 Å². The van der Waals surface area contributed by atoms with Crippen molar-refractivity contribution in [1.82, 2.24) is 0 Å². The van der Waals surface area contributed by atoms with E-state index in [2.05, 4.69) is 5.32 Å². The minimum Gasteiger partial charge on any atom is -0.452 e. The third-order valence-electron chi connectivity index (χ3n) is 4.29. The third-order valence-corrected chi connectivity index (χ3v) is 5.30. The third kappa shape index (κ3) is 4.92. The van der Waals surface area contributed by atoms with Gasteiger partial charge in [-0.1, -0.05) is 29.8 Å². The van der Waals surface area contributed by atoms with Crippen molar-refractivity contribution in [3.63, 3.8) is 0 Å². The molecule has 2 amide bonds. The lowest BCUT2D eigenvalue weighted by Gasteiger charge is -2.30. The number of para-hydroxylation sites is 2. The Bertz CT molecular complexity index is 882. The fraction of sp³-hybridized carbons (Fsp3) is 0.286. The van der Waals surface area contributed by atoms with E-state index in [1.165, 1.54) is 17.4 Å². The number of thioether (sulfide) groups is 1. The van der Waals surface area contributed by atoms with Gasteiger partial charge in [0.05, 0.1) is 17.8 Å². The molecule has 0 bridgehead atoms. The number of esters is 1. The van der Waals surface area contributed by atoms with E-state index in [0.29, 0.717) is 17.1 Å². The van der Waals surface area contributed by atoms with Crippen molar-refractivity contribution in [2.24, 2.45) is 0 Å². The summed E-state index contributed by atoms with van der Waals surface area (Å²) in [4.78, 5) is 39.1. The summed E-state index contributed by atoms with van der Waals surface area (Å²) >= 11 is 1.56. The molecule has 2 aromatic carbocycles. The molecule has 0 saturated heterocycles. The molecule has 1 aliphatic rings. The van der Waals surface area contributed by atoms with Crippen molar-refractivity contribution in [2.45, 2.75) is 31.3 Å². The minimum atomic E-state index is -0.962. The number of carbonyl (C=O) groups excluding carboxylic acids is 3. The number of ether oxygens (including phenoxy) is 1. The molecular formula is C21H22N2O4S. The average molecular weight is 398 g/mol. The van der Waals surface area contributed by atoms with Gasteiger partial charge in [-0.05, 0) is 38.1 Å². The van der Waals surface area contributed by atoms with Crippen LogP contribution in [0.25, 0.3) is 0 Å².